The number of rotatable bonds is 9. The van der Waals surface area contributed by atoms with Crippen LogP contribution in [0.25, 0.3) is 0 Å². The smallest absolute Gasteiger partial charge is 0.251 e. The van der Waals surface area contributed by atoms with E-state index in [0.29, 0.717) is 0 Å². The molecule has 0 heterocycles. The van der Waals surface area contributed by atoms with Gasteiger partial charge in [-0.1, -0.05) is 63.9 Å². The topological polar surface area (TPSA) is 102 Å². The standard InChI is InChI=1S/C18H15BrCl2O6S2/c19-15(11-28(24,25)13-7-3-1-4-8-13)16(22)18(21,17(20)23)12-29(26,27)14-9-5-2-6-10-14/h1-10,15H,11-12H2. The Kier molecular flexibility index (Phi) is 7.67. The minimum absolute atomic E-state index is 0.0356. The van der Waals surface area contributed by atoms with Gasteiger partial charge >= 0.3 is 0 Å². The molecule has 0 amide bonds. The Morgan fingerprint density at radius 2 is 1.28 bits per heavy atom. The number of ketones is 1. The molecular weight excluding hydrogens is 527 g/mol. The van der Waals surface area contributed by atoms with E-state index in [1.165, 1.54) is 48.5 Å². The van der Waals surface area contributed by atoms with Gasteiger partial charge in [0.1, 0.15) is 0 Å². The first kappa shape index (κ1) is 24.0. The van der Waals surface area contributed by atoms with Crippen molar-refractivity contribution in [2.24, 2.45) is 0 Å². The Morgan fingerprint density at radius 1 is 0.862 bits per heavy atom. The molecule has 2 aromatic rings. The fourth-order valence-corrected chi connectivity index (χ4v) is 7.64. The van der Waals surface area contributed by atoms with Crippen LogP contribution in [0.2, 0.25) is 0 Å². The van der Waals surface area contributed by atoms with Crippen molar-refractivity contribution in [1.29, 1.82) is 0 Å². The van der Waals surface area contributed by atoms with E-state index >= 15 is 0 Å². The highest BCUT2D eigenvalue weighted by atomic mass is 79.9. The second-order valence-corrected chi connectivity index (χ2v) is 12.2. The van der Waals surface area contributed by atoms with E-state index in [4.69, 9.17) is 23.2 Å². The monoisotopic (exact) mass is 540 g/mol. The van der Waals surface area contributed by atoms with E-state index in [1.807, 2.05) is 0 Å². The fourth-order valence-electron chi connectivity index (χ4n) is 2.44. The number of carbonyl (C=O) groups is 2. The summed E-state index contributed by atoms with van der Waals surface area (Å²) in [5.41, 5.74) is 0. The van der Waals surface area contributed by atoms with Crippen LogP contribution in [0.1, 0.15) is 0 Å². The van der Waals surface area contributed by atoms with E-state index in [1.54, 1.807) is 12.1 Å². The minimum atomic E-state index is -4.17. The van der Waals surface area contributed by atoms with Gasteiger partial charge in [0.05, 0.1) is 26.1 Å². The number of hydrogen-bond acceptors (Lipinski definition) is 6. The Balaban J connectivity index is 2.32. The van der Waals surface area contributed by atoms with Gasteiger partial charge < -0.3 is 0 Å². The average molecular weight is 542 g/mol. The minimum Gasteiger partial charge on any atom is -0.296 e. The first-order valence-corrected chi connectivity index (χ1v) is 13.0. The molecule has 6 nitrogen and oxygen atoms in total. The molecular formula is C18H15BrCl2O6S2. The molecule has 0 saturated heterocycles. The zero-order chi connectivity index (χ0) is 21.9. The normalized spacial score (nSPS) is 15.3. The molecule has 0 aliphatic carbocycles. The van der Waals surface area contributed by atoms with Gasteiger partial charge in [-0.05, 0) is 35.9 Å². The molecule has 2 aromatic carbocycles. The summed E-state index contributed by atoms with van der Waals surface area (Å²) in [5, 5.41) is -1.41. The maximum Gasteiger partial charge on any atom is 0.251 e. The van der Waals surface area contributed by atoms with Gasteiger partial charge in [-0.2, -0.15) is 0 Å². The maximum absolute atomic E-state index is 12.8. The third-order valence-electron chi connectivity index (χ3n) is 3.95. The van der Waals surface area contributed by atoms with Crippen molar-refractivity contribution in [3.8, 4) is 0 Å². The summed E-state index contributed by atoms with van der Waals surface area (Å²) in [6.45, 7) is 0. The lowest BCUT2D eigenvalue weighted by atomic mass is 10.1. The molecule has 0 spiro atoms. The molecule has 2 rings (SSSR count). The van der Waals surface area contributed by atoms with Gasteiger partial charge in [-0.15, -0.1) is 0 Å². The number of carbonyl (C=O) groups excluding carboxylic acids is 2. The number of halogens is 3. The molecule has 0 N–H and O–H groups in total. The lowest BCUT2D eigenvalue weighted by molar-refractivity contribution is -0.125. The van der Waals surface area contributed by atoms with E-state index in [0.717, 1.165) is 0 Å². The molecule has 0 radical (unpaired) electrons. The van der Waals surface area contributed by atoms with E-state index in [9.17, 15) is 26.4 Å². The third kappa shape index (κ3) is 5.67. The molecule has 0 aliphatic heterocycles. The Morgan fingerprint density at radius 3 is 1.69 bits per heavy atom. The molecule has 0 aliphatic rings. The zero-order valence-electron chi connectivity index (χ0n) is 14.7. The highest BCUT2D eigenvalue weighted by molar-refractivity contribution is 9.10. The number of benzene rings is 2. The zero-order valence-corrected chi connectivity index (χ0v) is 19.4. The quantitative estimate of drug-likeness (QED) is 0.275. The first-order valence-electron chi connectivity index (χ1n) is 8.03. The van der Waals surface area contributed by atoms with Crippen LogP contribution < -0.4 is 0 Å². The predicted octanol–water partition coefficient (Wildman–Crippen LogP) is 3.01. The lowest BCUT2D eigenvalue weighted by Gasteiger charge is -2.24. The van der Waals surface area contributed by atoms with Crippen LogP contribution in [0.5, 0.6) is 0 Å². The van der Waals surface area contributed by atoms with Crippen molar-refractivity contribution in [2.75, 3.05) is 11.5 Å². The van der Waals surface area contributed by atoms with Crippen molar-refractivity contribution in [1.82, 2.24) is 0 Å². The van der Waals surface area contributed by atoms with Crippen LogP contribution in [-0.4, -0.2) is 49.1 Å². The maximum atomic E-state index is 12.8. The summed E-state index contributed by atoms with van der Waals surface area (Å²) in [5.74, 6) is -3.00. The Labute approximate surface area is 187 Å². The summed E-state index contributed by atoms with van der Waals surface area (Å²) in [7, 11) is -8.08. The van der Waals surface area contributed by atoms with Crippen LogP contribution in [0, 0.1) is 0 Å². The average Bonchev–Trinajstić information content (AvgIpc) is 2.68. The molecule has 2 unspecified atom stereocenters. The van der Waals surface area contributed by atoms with E-state index in [-0.39, 0.29) is 9.79 Å². The molecule has 11 heteroatoms. The molecule has 29 heavy (non-hydrogen) atoms. The van der Waals surface area contributed by atoms with Crippen molar-refractivity contribution < 1.29 is 26.4 Å². The predicted molar refractivity (Wildman–Crippen MR) is 114 cm³/mol. The molecule has 156 valence electrons. The molecule has 0 bridgehead atoms. The number of sulfone groups is 2. The van der Waals surface area contributed by atoms with Gasteiger partial charge in [0.15, 0.2) is 30.3 Å². The highest BCUT2D eigenvalue weighted by Crippen LogP contribution is 2.30. The second-order valence-electron chi connectivity index (χ2n) is 6.07. The van der Waals surface area contributed by atoms with Crippen LogP contribution >= 0.6 is 39.1 Å². The number of Topliss-reactive ketones (excluding diaryl/α,β-unsaturated/α-hetero) is 1. The van der Waals surface area contributed by atoms with E-state index < -0.39 is 51.9 Å². The fraction of sp³-hybridized carbons (Fsp3) is 0.222. The SMILES string of the molecule is O=C(Cl)C(Cl)(CS(=O)(=O)c1ccccc1)C(=O)C(Br)CS(=O)(=O)c1ccccc1. The van der Waals surface area contributed by atoms with E-state index in [2.05, 4.69) is 15.9 Å². The summed E-state index contributed by atoms with van der Waals surface area (Å²) < 4.78 is 50.2. The third-order valence-corrected chi connectivity index (χ3v) is 9.75. The summed E-state index contributed by atoms with van der Waals surface area (Å²) in [6.07, 6.45) is 0. The van der Waals surface area contributed by atoms with Crippen LogP contribution in [0.3, 0.4) is 0 Å². The van der Waals surface area contributed by atoms with Crippen molar-refractivity contribution in [2.45, 2.75) is 19.5 Å². The van der Waals surface area contributed by atoms with Gasteiger partial charge in [-0.25, -0.2) is 16.8 Å². The van der Waals surface area contributed by atoms with Crippen molar-refractivity contribution in [3.63, 3.8) is 0 Å². The van der Waals surface area contributed by atoms with Crippen LogP contribution in [0.4, 0.5) is 0 Å². The van der Waals surface area contributed by atoms with Crippen molar-refractivity contribution in [3.05, 3.63) is 60.7 Å². The Bertz CT molecular complexity index is 1110. The highest BCUT2D eigenvalue weighted by Gasteiger charge is 2.50. The molecule has 0 saturated carbocycles. The number of alkyl halides is 2. The van der Waals surface area contributed by atoms with Crippen molar-refractivity contribution >= 4 is 69.8 Å². The van der Waals surface area contributed by atoms with Gasteiger partial charge in [0, 0.05) is 0 Å². The number of hydrogen-bond donors (Lipinski definition) is 0. The molecule has 0 fully saturated rings. The summed E-state index contributed by atoms with van der Waals surface area (Å²) in [4.78, 5) is 20.4. The Hall–Kier alpha value is -1.26. The van der Waals surface area contributed by atoms with Gasteiger partial charge in [0.2, 0.25) is 0 Å². The molecule has 2 atom stereocenters. The lowest BCUT2D eigenvalue weighted by Crippen LogP contribution is -2.49. The summed E-state index contributed by atoms with van der Waals surface area (Å²) >= 11 is 14.5. The van der Waals surface area contributed by atoms with Gasteiger partial charge in [-0.3, -0.25) is 9.59 Å². The molecule has 0 aromatic heterocycles. The second kappa shape index (κ2) is 9.26. The first-order chi connectivity index (χ1) is 13.4. The van der Waals surface area contributed by atoms with Crippen LogP contribution in [-0.2, 0) is 29.3 Å². The summed E-state index contributed by atoms with van der Waals surface area (Å²) in [6, 6.07) is 14.4. The van der Waals surface area contributed by atoms with Crippen LogP contribution in [0.15, 0.2) is 70.5 Å². The largest absolute Gasteiger partial charge is 0.296 e. The van der Waals surface area contributed by atoms with Gasteiger partial charge in [0.25, 0.3) is 5.24 Å².